The molecule has 1 atom stereocenters. The molecule has 0 spiro atoms. The first kappa shape index (κ1) is 13.8. The van der Waals surface area contributed by atoms with E-state index in [1.54, 1.807) is 0 Å². The Bertz CT molecular complexity index is 253. The van der Waals surface area contributed by atoms with Crippen molar-refractivity contribution in [1.29, 1.82) is 0 Å². The smallest absolute Gasteiger partial charge is 0.228 e. The third kappa shape index (κ3) is 2.51. The van der Waals surface area contributed by atoms with Crippen LogP contribution in [0.15, 0.2) is 0 Å². The zero-order chi connectivity index (χ0) is 10.9. The van der Waals surface area contributed by atoms with Crippen LogP contribution in [0.1, 0.15) is 32.6 Å². The third-order valence-electron chi connectivity index (χ3n) is 4.04. The van der Waals surface area contributed by atoms with E-state index in [1.165, 1.54) is 12.8 Å². The van der Waals surface area contributed by atoms with E-state index in [0.717, 1.165) is 32.5 Å². The summed E-state index contributed by atoms with van der Waals surface area (Å²) in [6, 6.07) is 0. The van der Waals surface area contributed by atoms with E-state index in [9.17, 15) is 4.79 Å². The Labute approximate surface area is 104 Å². The quantitative estimate of drug-likeness (QED) is 0.822. The van der Waals surface area contributed by atoms with Crippen LogP contribution in [0.2, 0.25) is 0 Å². The third-order valence-corrected chi connectivity index (χ3v) is 4.04. The molecule has 1 aliphatic carbocycles. The van der Waals surface area contributed by atoms with Gasteiger partial charge in [0.1, 0.15) is 0 Å². The van der Waals surface area contributed by atoms with Gasteiger partial charge in [0.25, 0.3) is 0 Å². The van der Waals surface area contributed by atoms with Crippen molar-refractivity contribution in [3.63, 3.8) is 0 Å². The van der Waals surface area contributed by atoms with Crippen LogP contribution in [-0.2, 0) is 4.79 Å². The molecular weight excluding hydrogens is 224 g/mol. The van der Waals surface area contributed by atoms with Gasteiger partial charge in [-0.15, -0.1) is 12.4 Å². The molecule has 1 saturated carbocycles. The van der Waals surface area contributed by atoms with Gasteiger partial charge in [0.05, 0.1) is 0 Å². The van der Waals surface area contributed by atoms with Crippen LogP contribution in [0.5, 0.6) is 0 Å². The second-order valence-corrected chi connectivity index (χ2v) is 5.38. The average Bonchev–Trinajstić information content (AvgIpc) is 2.62. The molecule has 1 unspecified atom stereocenters. The molecule has 2 fully saturated rings. The van der Waals surface area contributed by atoms with Gasteiger partial charge in [-0.2, -0.15) is 0 Å². The van der Waals surface area contributed by atoms with Crippen molar-refractivity contribution in [2.45, 2.75) is 32.6 Å². The van der Waals surface area contributed by atoms with Gasteiger partial charge in [-0.1, -0.05) is 13.3 Å². The molecule has 4 heteroatoms. The molecule has 1 N–H and O–H groups in total. The van der Waals surface area contributed by atoms with Gasteiger partial charge in [-0.25, -0.2) is 0 Å². The van der Waals surface area contributed by atoms with E-state index in [0.29, 0.717) is 11.8 Å². The van der Waals surface area contributed by atoms with E-state index < -0.39 is 0 Å². The number of carbonyl (C=O) groups excluding carboxylic acids is 1. The molecule has 0 aromatic carbocycles. The summed E-state index contributed by atoms with van der Waals surface area (Å²) in [6.45, 7) is 5.11. The fraction of sp³-hybridized carbons (Fsp3) is 0.917. The number of hydrogen-bond donors (Lipinski definition) is 1. The summed E-state index contributed by atoms with van der Waals surface area (Å²) in [5.74, 6) is 1.08. The zero-order valence-electron chi connectivity index (χ0n) is 10.3. The highest BCUT2D eigenvalue weighted by molar-refractivity contribution is 5.85. The molecule has 94 valence electrons. The van der Waals surface area contributed by atoms with E-state index in [-0.39, 0.29) is 17.8 Å². The summed E-state index contributed by atoms with van der Waals surface area (Å²) < 4.78 is 0. The minimum absolute atomic E-state index is 0. The minimum Gasteiger partial charge on any atom is -0.342 e. The number of carbonyl (C=O) groups is 1. The van der Waals surface area contributed by atoms with E-state index in [2.05, 4.69) is 17.1 Å². The van der Waals surface area contributed by atoms with E-state index >= 15 is 0 Å². The molecule has 3 nitrogen and oxygen atoms in total. The van der Waals surface area contributed by atoms with Crippen molar-refractivity contribution >= 4 is 18.3 Å². The minimum atomic E-state index is -0.00542. The summed E-state index contributed by atoms with van der Waals surface area (Å²) in [7, 11) is 1.98. The maximum absolute atomic E-state index is 12.2. The summed E-state index contributed by atoms with van der Waals surface area (Å²) in [5.41, 5.74) is -0.00542. The predicted molar refractivity (Wildman–Crippen MR) is 67.8 cm³/mol. The largest absolute Gasteiger partial charge is 0.342 e. The van der Waals surface area contributed by atoms with E-state index in [1.807, 2.05) is 7.05 Å². The van der Waals surface area contributed by atoms with Crippen LogP contribution in [0, 0.1) is 11.3 Å². The monoisotopic (exact) mass is 246 g/mol. The number of nitrogens with zero attached hydrogens (tertiary/aromatic N) is 1. The summed E-state index contributed by atoms with van der Waals surface area (Å²) in [4.78, 5) is 14.3. The molecule has 1 amide bonds. The van der Waals surface area contributed by atoms with Crippen molar-refractivity contribution in [2.24, 2.45) is 11.3 Å². The van der Waals surface area contributed by atoms with E-state index in [4.69, 9.17) is 0 Å². The standard InChI is InChI=1S/C12H22N2O.ClH/c1-12(5-3-6-12)11(15)14-7-4-10(9-14)8-13-2;/h10,13H,3-9H2,1-2H3;1H. The highest BCUT2D eigenvalue weighted by Crippen LogP contribution is 2.42. The van der Waals surface area contributed by atoms with Crippen LogP contribution in [0.4, 0.5) is 0 Å². The highest BCUT2D eigenvalue weighted by atomic mass is 35.5. The molecule has 0 aromatic heterocycles. The molecule has 1 aliphatic heterocycles. The SMILES string of the molecule is CNCC1CCN(C(=O)C2(C)CCC2)C1.Cl. The molecule has 1 saturated heterocycles. The van der Waals surface area contributed by atoms with Crippen molar-refractivity contribution in [3.05, 3.63) is 0 Å². The first-order valence-corrected chi connectivity index (χ1v) is 6.10. The number of halogens is 1. The van der Waals surface area contributed by atoms with Gasteiger partial charge >= 0.3 is 0 Å². The van der Waals surface area contributed by atoms with Crippen molar-refractivity contribution < 1.29 is 4.79 Å². The topological polar surface area (TPSA) is 32.3 Å². The lowest BCUT2D eigenvalue weighted by Gasteiger charge is -2.39. The molecule has 0 aromatic rings. The van der Waals surface area contributed by atoms with Crippen LogP contribution < -0.4 is 5.32 Å². The van der Waals surface area contributed by atoms with Gasteiger partial charge in [0.15, 0.2) is 0 Å². The maximum Gasteiger partial charge on any atom is 0.228 e. The molecular formula is C12H23ClN2O. The Kier molecular flexibility index (Phi) is 4.62. The molecule has 16 heavy (non-hydrogen) atoms. The summed E-state index contributed by atoms with van der Waals surface area (Å²) >= 11 is 0. The normalized spacial score (nSPS) is 27.1. The number of hydrogen-bond acceptors (Lipinski definition) is 2. The predicted octanol–water partition coefficient (Wildman–Crippen LogP) is 1.67. The lowest BCUT2D eigenvalue weighted by Crippen LogP contribution is -2.45. The van der Waals surface area contributed by atoms with Crippen molar-refractivity contribution in [3.8, 4) is 0 Å². The van der Waals surface area contributed by atoms with Gasteiger partial charge in [0, 0.05) is 18.5 Å². The van der Waals surface area contributed by atoms with Crippen LogP contribution in [0.25, 0.3) is 0 Å². The van der Waals surface area contributed by atoms with Gasteiger partial charge in [0.2, 0.25) is 5.91 Å². The van der Waals surface area contributed by atoms with Gasteiger partial charge < -0.3 is 10.2 Å². The second-order valence-electron chi connectivity index (χ2n) is 5.38. The Hall–Kier alpha value is -0.280. The van der Waals surface area contributed by atoms with Crippen molar-refractivity contribution in [1.82, 2.24) is 10.2 Å². The Morgan fingerprint density at radius 3 is 2.69 bits per heavy atom. The van der Waals surface area contributed by atoms with Gasteiger partial charge in [-0.05, 0) is 38.8 Å². The average molecular weight is 247 g/mol. The lowest BCUT2D eigenvalue weighted by atomic mass is 9.69. The first-order valence-electron chi connectivity index (χ1n) is 6.10. The first-order chi connectivity index (χ1) is 7.15. The molecule has 1 heterocycles. The van der Waals surface area contributed by atoms with Crippen LogP contribution in [0.3, 0.4) is 0 Å². The van der Waals surface area contributed by atoms with Crippen LogP contribution >= 0.6 is 12.4 Å². The van der Waals surface area contributed by atoms with Crippen LogP contribution in [-0.4, -0.2) is 37.5 Å². The lowest BCUT2D eigenvalue weighted by molar-refractivity contribution is -0.145. The van der Waals surface area contributed by atoms with Gasteiger partial charge in [-0.3, -0.25) is 4.79 Å². The summed E-state index contributed by atoms with van der Waals surface area (Å²) in [6.07, 6.45) is 4.59. The van der Waals surface area contributed by atoms with Crippen molar-refractivity contribution in [2.75, 3.05) is 26.7 Å². The molecule has 2 aliphatic rings. The number of rotatable bonds is 3. The summed E-state index contributed by atoms with van der Waals surface area (Å²) in [5, 5.41) is 3.20. The molecule has 0 bridgehead atoms. The molecule has 0 radical (unpaired) electrons. The highest BCUT2D eigenvalue weighted by Gasteiger charge is 2.43. The zero-order valence-corrected chi connectivity index (χ0v) is 11.1. The Morgan fingerprint density at radius 2 is 2.19 bits per heavy atom. The fourth-order valence-electron chi connectivity index (χ4n) is 2.78. The number of amides is 1. The second kappa shape index (κ2) is 5.37. The molecule has 2 rings (SSSR count). The number of nitrogens with one attached hydrogen (secondary N) is 1. The fourth-order valence-corrected chi connectivity index (χ4v) is 2.78. The Balaban J connectivity index is 0.00000128. The Morgan fingerprint density at radius 1 is 1.50 bits per heavy atom. The maximum atomic E-state index is 12.2. The number of likely N-dealkylation sites (tertiary alicyclic amines) is 1.